The van der Waals surface area contributed by atoms with Gasteiger partial charge in [-0.25, -0.2) is 0 Å². The Bertz CT molecular complexity index is 262. The van der Waals surface area contributed by atoms with Gasteiger partial charge in [-0.05, 0) is 12.1 Å². The van der Waals surface area contributed by atoms with E-state index < -0.39 is 11.0 Å². The third kappa shape index (κ3) is 4.42. The molecule has 0 spiro atoms. The van der Waals surface area contributed by atoms with Crippen LogP contribution in [0.5, 0.6) is 5.75 Å². The van der Waals surface area contributed by atoms with Crippen molar-refractivity contribution in [3.63, 3.8) is 0 Å². The van der Waals surface area contributed by atoms with Gasteiger partial charge in [-0.15, -0.1) is 0 Å². The van der Waals surface area contributed by atoms with Crippen LogP contribution in [-0.2, 0) is 19.4 Å². The summed E-state index contributed by atoms with van der Waals surface area (Å²) in [4.78, 5) is 0. The number of para-hydroxylation sites is 1. The van der Waals surface area contributed by atoms with Crippen LogP contribution in [0.3, 0.4) is 0 Å². The number of hydrogen-bond acceptors (Lipinski definition) is 4. The molecule has 1 aromatic carbocycles. The molecule has 0 amide bonds. The fraction of sp³-hybridized carbons (Fsp3) is 0. The molecular formula is C6H5NaO3S. The molecule has 0 atom stereocenters. The summed E-state index contributed by atoms with van der Waals surface area (Å²) in [5.41, 5.74) is 0. The van der Waals surface area contributed by atoms with E-state index in [9.17, 15) is 8.42 Å². The summed E-state index contributed by atoms with van der Waals surface area (Å²) < 4.78 is 24.2. The molecule has 0 bridgehead atoms. The van der Waals surface area contributed by atoms with Crippen molar-refractivity contribution in [2.45, 2.75) is 0 Å². The standard InChI is InChI=1S/C6H5O3S.Na/c7-10(8)9-6-4-2-1-3-5-6;/h1-5H;/q-1;+1. The predicted octanol–water partition coefficient (Wildman–Crippen LogP) is -1.71. The van der Waals surface area contributed by atoms with Crippen molar-refractivity contribution >= 4 is 11.0 Å². The average Bonchev–Trinajstić information content (AvgIpc) is 1.88. The molecule has 0 radical (unpaired) electrons. The van der Waals surface area contributed by atoms with Gasteiger partial charge in [0.15, 0.2) is 0 Å². The van der Waals surface area contributed by atoms with E-state index in [4.69, 9.17) is 0 Å². The Balaban J connectivity index is 0.000001000. The molecule has 5 heteroatoms. The minimum atomic E-state index is -2.47. The van der Waals surface area contributed by atoms with Crippen LogP contribution in [0.15, 0.2) is 30.3 Å². The van der Waals surface area contributed by atoms with Crippen LogP contribution in [0, 0.1) is 0 Å². The van der Waals surface area contributed by atoms with E-state index in [-0.39, 0.29) is 29.6 Å². The average molecular weight is 180 g/mol. The first-order chi connectivity index (χ1) is 4.79. The topological polar surface area (TPSA) is 43.4 Å². The van der Waals surface area contributed by atoms with Crippen molar-refractivity contribution in [3.8, 4) is 5.75 Å². The Morgan fingerprint density at radius 2 is 1.64 bits per heavy atom. The maximum Gasteiger partial charge on any atom is 1.00 e. The fourth-order valence-corrected chi connectivity index (χ4v) is 0.823. The van der Waals surface area contributed by atoms with E-state index in [1.165, 1.54) is 0 Å². The Morgan fingerprint density at radius 3 is 2.09 bits per heavy atom. The van der Waals surface area contributed by atoms with Gasteiger partial charge in [-0.3, -0.25) is 0 Å². The zero-order valence-corrected chi connectivity index (χ0v) is 8.84. The zero-order valence-electron chi connectivity index (χ0n) is 6.02. The molecule has 11 heavy (non-hydrogen) atoms. The summed E-state index contributed by atoms with van der Waals surface area (Å²) in [5, 5.41) is 0. The second-order valence-electron chi connectivity index (χ2n) is 1.60. The van der Waals surface area contributed by atoms with E-state index in [0.29, 0.717) is 5.75 Å². The molecule has 0 aliphatic rings. The summed E-state index contributed by atoms with van der Waals surface area (Å²) in [6.45, 7) is 0. The molecule has 0 aromatic heterocycles. The molecule has 3 nitrogen and oxygen atoms in total. The number of hydrogen-bond donors (Lipinski definition) is 0. The molecule has 1 rings (SSSR count). The summed E-state index contributed by atoms with van der Waals surface area (Å²) in [5.74, 6) is 0.329. The first-order valence-electron chi connectivity index (χ1n) is 2.61. The Labute approximate surface area is 88.8 Å². The molecule has 0 heterocycles. The monoisotopic (exact) mass is 180 g/mol. The van der Waals surface area contributed by atoms with Gasteiger partial charge in [0.1, 0.15) is 16.7 Å². The van der Waals surface area contributed by atoms with Crippen LogP contribution < -0.4 is 33.7 Å². The van der Waals surface area contributed by atoms with Crippen LogP contribution >= 0.6 is 0 Å². The summed E-state index contributed by atoms with van der Waals surface area (Å²) >= 11 is 0. The van der Waals surface area contributed by atoms with Gasteiger partial charge in [-0.1, -0.05) is 18.2 Å². The van der Waals surface area contributed by atoms with E-state index in [1.54, 1.807) is 30.3 Å². The Morgan fingerprint density at radius 1 is 1.09 bits per heavy atom. The summed E-state index contributed by atoms with van der Waals surface area (Å²) in [6.07, 6.45) is 0. The summed E-state index contributed by atoms with van der Waals surface area (Å²) in [7, 11) is -2.47. The van der Waals surface area contributed by atoms with Crippen LogP contribution in [-0.4, -0.2) is 0 Å². The second kappa shape index (κ2) is 5.60. The van der Waals surface area contributed by atoms with E-state index >= 15 is 0 Å². The van der Waals surface area contributed by atoms with Crippen LogP contribution in [0.4, 0.5) is 0 Å². The minimum Gasteiger partial charge on any atom is -0.533 e. The molecule has 0 aliphatic heterocycles. The van der Waals surface area contributed by atoms with Crippen molar-refractivity contribution in [2.75, 3.05) is 0 Å². The first-order valence-corrected chi connectivity index (χ1v) is 3.61. The van der Waals surface area contributed by atoms with Gasteiger partial charge in [-0.2, -0.15) is 0 Å². The largest absolute Gasteiger partial charge is 1.00 e. The molecule has 0 saturated heterocycles. The van der Waals surface area contributed by atoms with Gasteiger partial charge in [0.05, 0.1) is 0 Å². The number of rotatable bonds is 2. The van der Waals surface area contributed by atoms with Crippen LogP contribution in [0.1, 0.15) is 0 Å². The van der Waals surface area contributed by atoms with Crippen molar-refractivity contribution in [3.05, 3.63) is 30.3 Å². The molecular weight excluding hydrogens is 175 g/mol. The molecule has 0 saturated carbocycles. The van der Waals surface area contributed by atoms with Crippen molar-refractivity contribution in [2.24, 2.45) is 0 Å². The fourth-order valence-electron chi connectivity index (χ4n) is 0.555. The molecule has 54 valence electrons. The van der Waals surface area contributed by atoms with Gasteiger partial charge in [0, 0.05) is 0 Å². The predicted molar refractivity (Wildman–Crippen MR) is 35.8 cm³/mol. The van der Waals surface area contributed by atoms with Gasteiger partial charge >= 0.3 is 29.6 Å². The van der Waals surface area contributed by atoms with Crippen molar-refractivity contribution in [1.29, 1.82) is 0 Å². The summed E-state index contributed by atoms with van der Waals surface area (Å²) in [6, 6.07) is 8.30. The van der Waals surface area contributed by atoms with Crippen LogP contribution in [0.2, 0.25) is 0 Å². The molecule has 0 N–H and O–H groups in total. The van der Waals surface area contributed by atoms with Crippen molar-refractivity contribution in [1.82, 2.24) is 0 Å². The van der Waals surface area contributed by atoms with E-state index in [1.807, 2.05) is 0 Å². The van der Waals surface area contributed by atoms with Crippen molar-refractivity contribution < 1.29 is 42.2 Å². The third-order valence-electron chi connectivity index (χ3n) is 0.907. The minimum absolute atomic E-state index is 0. The van der Waals surface area contributed by atoms with Gasteiger partial charge in [0.25, 0.3) is 0 Å². The third-order valence-corrected chi connectivity index (χ3v) is 1.24. The second-order valence-corrected chi connectivity index (χ2v) is 2.18. The zero-order chi connectivity index (χ0) is 7.40. The maximum absolute atomic E-state index is 9.95. The van der Waals surface area contributed by atoms with E-state index in [0.717, 1.165) is 0 Å². The Kier molecular flexibility index (Phi) is 5.58. The van der Waals surface area contributed by atoms with Gasteiger partial charge < -0.3 is 12.6 Å². The quantitative estimate of drug-likeness (QED) is 0.402. The first kappa shape index (κ1) is 11.0. The molecule has 0 fully saturated rings. The number of benzene rings is 1. The molecule has 0 unspecified atom stereocenters. The molecule has 0 aliphatic carbocycles. The smallest absolute Gasteiger partial charge is 0.533 e. The molecule has 1 aromatic rings. The van der Waals surface area contributed by atoms with Crippen LogP contribution in [0.25, 0.3) is 0 Å². The van der Waals surface area contributed by atoms with Gasteiger partial charge in [0.2, 0.25) is 0 Å². The van der Waals surface area contributed by atoms with E-state index in [2.05, 4.69) is 4.18 Å². The normalized spacial score (nSPS) is 8.82. The SMILES string of the molecule is O=[S-](=O)Oc1ccccc1.[Na+]. The Hall–Kier alpha value is -0.0300. The maximum atomic E-state index is 9.95.